The van der Waals surface area contributed by atoms with E-state index in [0.29, 0.717) is 12.1 Å². The largest absolute Gasteiger partial charge is 0.380 e. The minimum Gasteiger partial charge on any atom is -0.380 e. The maximum Gasteiger partial charge on any atom is 0.321 e. The second kappa shape index (κ2) is 7.25. The van der Waals surface area contributed by atoms with Crippen molar-refractivity contribution in [3.05, 3.63) is 30.7 Å². The molecule has 7 nitrogen and oxygen atoms in total. The van der Waals surface area contributed by atoms with Crippen LogP contribution in [0.1, 0.15) is 25.7 Å². The monoisotopic (exact) mass is 357 g/mol. The molecule has 1 aliphatic carbocycles. The summed E-state index contributed by atoms with van der Waals surface area (Å²) in [7, 11) is 3.70. The Bertz CT molecular complexity index is 776. The maximum atomic E-state index is 12.8. The fourth-order valence-corrected chi connectivity index (χ4v) is 4.40. The topological polar surface area (TPSA) is 62.1 Å². The molecule has 2 amide bonds. The molecule has 140 valence electrons. The number of amides is 2. The quantitative estimate of drug-likeness (QED) is 0.913. The summed E-state index contributed by atoms with van der Waals surface area (Å²) in [6, 6.07) is 4.43. The van der Waals surface area contributed by atoms with Gasteiger partial charge in [0.15, 0.2) is 0 Å². The van der Waals surface area contributed by atoms with Crippen molar-refractivity contribution >= 4 is 17.4 Å². The highest BCUT2D eigenvalue weighted by Gasteiger charge is 2.39. The van der Waals surface area contributed by atoms with Gasteiger partial charge >= 0.3 is 6.03 Å². The minimum atomic E-state index is -0.0520. The second-order valence-corrected chi connectivity index (χ2v) is 7.36. The number of carbonyl (C=O) groups excluding carboxylic acids is 1. The summed E-state index contributed by atoms with van der Waals surface area (Å²) in [5.74, 6) is 0. The van der Waals surface area contributed by atoms with Crippen LogP contribution in [-0.2, 0) is 4.74 Å². The van der Waals surface area contributed by atoms with Crippen LogP contribution in [0.3, 0.4) is 0 Å². The highest BCUT2D eigenvalue weighted by Crippen LogP contribution is 2.31. The number of anilines is 1. The number of nitrogens with zero attached hydrogens (tertiary/aromatic N) is 4. The Morgan fingerprint density at radius 3 is 3.04 bits per heavy atom. The Morgan fingerprint density at radius 2 is 2.23 bits per heavy atom. The van der Waals surface area contributed by atoms with Gasteiger partial charge in [0, 0.05) is 57.9 Å². The number of ether oxygens (including phenoxy) is 1. The molecular formula is C19H27N5O2. The summed E-state index contributed by atoms with van der Waals surface area (Å²) < 4.78 is 7.42. The van der Waals surface area contributed by atoms with Crippen molar-refractivity contribution in [2.24, 2.45) is 0 Å². The molecule has 2 aromatic heterocycles. The molecule has 2 fully saturated rings. The summed E-state index contributed by atoms with van der Waals surface area (Å²) in [5.41, 5.74) is 1.65. The average Bonchev–Trinajstić information content (AvgIpc) is 3.38. The molecule has 26 heavy (non-hydrogen) atoms. The van der Waals surface area contributed by atoms with Crippen LogP contribution < -0.4 is 5.32 Å². The number of pyridine rings is 1. The Kier molecular flexibility index (Phi) is 4.82. The van der Waals surface area contributed by atoms with Gasteiger partial charge in [-0.25, -0.2) is 9.78 Å². The van der Waals surface area contributed by atoms with Crippen LogP contribution in [0, 0.1) is 0 Å². The van der Waals surface area contributed by atoms with Crippen molar-refractivity contribution in [2.75, 3.05) is 32.6 Å². The van der Waals surface area contributed by atoms with Crippen LogP contribution in [0.5, 0.6) is 0 Å². The number of carbonyl (C=O) groups is 1. The molecule has 3 atom stereocenters. The molecule has 2 aromatic rings. The van der Waals surface area contributed by atoms with Crippen LogP contribution in [0.2, 0.25) is 0 Å². The molecule has 2 aliphatic rings. The first-order valence-electron chi connectivity index (χ1n) is 9.39. The van der Waals surface area contributed by atoms with E-state index >= 15 is 0 Å². The van der Waals surface area contributed by atoms with Gasteiger partial charge < -0.3 is 19.4 Å². The average molecular weight is 357 g/mol. The first-order valence-corrected chi connectivity index (χ1v) is 9.39. The summed E-state index contributed by atoms with van der Waals surface area (Å²) in [4.78, 5) is 21.4. The number of methoxy groups -OCH3 is 1. The van der Waals surface area contributed by atoms with E-state index in [1.807, 2.05) is 40.9 Å². The van der Waals surface area contributed by atoms with E-state index in [2.05, 4.69) is 15.2 Å². The molecule has 1 unspecified atom stereocenters. The summed E-state index contributed by atoms with van der Waals surface area (Å²) >= 11 is 0. The van der Waals surface area contributed by atoms with E-state index in [9.17, 15) is 4.79 Å². The summed E-state index contributed by atoms with van der Waals surface area (Å²) in [6.07, 6.45) is 10.3. The lowest BCUT2D eigenvalue weighted by Gasteiger charge is -2.35. The molecule has 0 spiro atoms. The third-order valence-electron chi connectivity index (χ3n) is 5.88. The number of fused-ring (bicyclic) bond motifs is 1. The number of likely N-dealkylation sites (N-methyl/N-ethyl adjacent to an activating group) is 1. The van der Waals surface area contributed by atoms with Gasteiger partial charge in [0.25, 0.3) is 0 Å². The van der Waals surface area contributed by atoms with Gasteiger partial charge in [0.1, 0.15) is 5.65 Å². The molecular weight excluding hydrogens is 330 g/mol. The van der Waals surface area contributed by atoms with E-state index < -0.39 is 0 Å². The Hall–Kier alpha value is -2.12. The third kappa shape index (κ3) is 3.29. The molecule has 1 saturated heterocycles. The number of likely N-dealkylation sites (tertiary alicyclic amines) is 1. The van der Waals surface area contributed by atoms with Gasteiger partial charge in [-0.1, -0.05) is 0 Å². The number of nitrogens with one attached hydrogen (secondary N) is 1. The number of imidazole rings is 1. The van der Waals surface area contributed by atoms with Gasteiger partial charge in [0.2, 0.25) is 0 Å². The molecule has 3 heterocycles. The molecule has 0 radical (unpaired) electrons. The fourth-order valence-electron chi connectivity index (χ4n) is 4.40. The smallest absolute Gasteiger partial charge is 0.321 e. The number of hydrogen-bond acceptors (Lipinski definition) is 4. The van der Waals surface area contributed by atoms with E-state index in [1.165, 1.54) is 6.42 Å². The van der Waals surface area contributed by atoms with Gasteiger partial charge in [-0.15, -0.1) is 0 Å². The number of aromatic nitrogens is 2. The molecule has 1 N–H and O–H groups in total. The van der Waals surface area contributed by atoms with Crippen molar-refractivity contribution < 1.29 is 9.53 Å². The van der Waals surface area contributed by atoms with Crippen molar-refractivity contribution in [1.82, 2.24) is 19.2 Å². The first kappa shape index (κ1) is 17.3. The predicted octanol–water partition coefficient (Wildman–Crippen LogP) is 2.44. The zero-order chi connectivity index (χ0) is 18.1. The number of hydrogen-bond donors (Lipinski definition) is 1. The van der Waals surface area contributed by atoms with Crippen molar-refractivity contribution in [3.63, 3.8) is 0 Å². The Morgan fingerprint density at radius 1 is 1.35 bits per heavy atom. The Labute approximate surface area is 153 Å². The fraction of sp³-hybridized carbons (Fsp3) is 0.579. The zero-order valence-corrected chi connectivity index (χ0v) is 15.5. The van der Waals surface area contributed by atoms with Gasteiger partial charge in [0.05, 0.1) is 11.8 Å². The molecule has 4 rings (SSSR count). The van der Waals surface area contributed by atoms with Crippen molar-refractivity contribution in [2.45, 2.75) is 43.9 Å². The van der Waals surface area contributed by atoms with Crippen molar-refractivity contribution in [3.8, 4) is 0 Å². The normalized spacial score (nSPS) is 26.5. The van der Waals surface area contributed by atoms with Crippen LogP contribution in [0.4, 0.5) is 10.5 Å². The van der Waals surface area contributed by atoms with Gasteiger partial charge in [-0.05, 0) is 37.8 Å². The second-order valence-electron chi connectivity index (χ2n) is 7.36. The van der Waals surface area contributed by atoms with E-state index in [0.717, 1.165) is 43.7 Å². The minimum absolute atomic E-state index is 0.0520. The third-order valence-corrected chi connectivity index (χ3v) is 5.88. The number of rotatable bonds is 4. The van der Waals surface area contributed by atoms with E-state index in [-0.39, 0.29) is 12.1 Å². The molecule has 0 bridgehead atoms. The van der Waals surface area contributed by atoms with Crippen LogP contribution in [0.15, 0.2) is 30.7 Å². The predicted molar refractivity (Wildman–Crippen MR) is 100 cm³/mol. The molecule has 0 aromatic carbocycles. The van der Waals surface area contributed by atoms with Crippen LogP contribution in [-0.4, -0.2) is 70.7 Å². The lowest BCUT2D eigenvalue weighted by molar-refractivity contribution is 0.0907. The Balaban J connectivity index is 1.42. The zero-order valence-electron chi connectivity index (χ0n) is 15.5. The SMILES string of the molecule is COC1CCN([C@@H]2CCC[C@@H]2N(C)C(=O)Nc2ccc3nccn3c2)C1. The molecule has 1 aliphatic heterocycles. The summed E-state index contributed by atoms with van der Waals surface area (Å²) in [6.45, 7) is 2.04. The van der Waals surface area contributed by atoms with Gasteiger partial charge in [-0.3, -0.25) is 4.90 Å². The molecule has 1 saturated carbocycles. The van der Waals surface area contributed by atoms with Gasteiger partial charge in [-0.2, -0.15) is 0 Å². The van der Waals surface area contributed by atoms with E-state index in [4.69, 9.17) is 4.74 Å². The highest BCUT2D eigenvalue weighted by atomic mass is 16.5. The lowest BCUT2D eigenvalue weighted by Crippen LogP contribution is -2.50. The standard InChI is InChI=1S/C19H27N5O2/c1-22(16-4-3-5-17(16)23-10-8-15(13-23)26-2)19(25)21-14-6-7-18-20-9-11-24(18)12-14/h6-7,9,11-12,15-17H,3-5,8,10,13H2,1-2H3,(H,21,25)/t15?,16-,17+/m0/s1. The maximum absolute atomic E-state index is 12.8. The van der Waals surface area contributed by atoms with E-state index in [1.54, 1.807) is 13.3 Å². The van der Waals surface area contributed by atoms with Crippen LogP contribution >= 0.6 is 0 Å². The first-order chi connectivity index (χ1) is 12.7. The number of urea groups is 1. The van der Waals surface area contributed by atoms with Crippen molar-refractivity contribution in [1.29, 1.82) is 0 Å². The summed E-state index contributed by atoms with van der Waals surface area (Å²) in [5, 5.41) is 3.03. The molecule has 7 heteroatoms. The lowest BCUT2D eigenvalue weighted by atomic mass is 10.1. The van der Waals surface area contributed by atoms with Crippen LogP contribution in [0.25, 0.3) is 5.65 Å². The highest BCUT2D eigenvalue weighted by molar-refractivity contribution is 5.89.